The molecule has 0 N–H and O–H groups in total. The third-order valence-corrected chi connectivity index (χ3v) is 39.4. The zero-order chi connectivity index (χ0) is 90.7. The van der Waals surface area contributed by atoms with Crippen LogP contribution in [0.1, 0.15) is 166 Å². The van der Waals surface area contributed by atoms with Gasteiger partial charge in [-0.1, -0.05) is 435 Å². The average molecular weight is 1760 g/mol. The molecule has 654 valence electrons. The van der Waals surface area contributed by atoms with Crippen LogP contribution in [-0.4, -0.2) is 13.4 Å². The zero-order valence-electron chi connectivity index (χ0n) is 79.6. The third kappa shape index (κ3) is 14.7. The molecule has 0 amide bonds. The van der Waals surface area contributed by atoms with Crippen molar-refractivity contribution in [3.05, 3.63) is 429 Å². The van der Waals surface area contributed by atoms with Crippen molar-refractivity contribution in [3.63, 3.8) is 0 Å². The van der Waals surface area contributed by atoms with Crippen molar-refractivity contribution in [2.45, 2.75) is 182 Å². The van der Waals surface area contributed by atoms with E-state index in [0.29, 0.717) is 0 Å². The lowest BCUT2D eigenvalue weighted by molar-refractivity contribution is -0.0282. The number of benzene rings is 16. The highest BCUT2D eigenvalue weighted by Crippen LogP contribution is 2.69. The molecule has 26 rings (SSSR count). The van der Waals surface area contributed by atoms with Crippen LogP contribution in [0.25, 0.3) is 81.9 Å². The second-order valence-electron chi connectivity index (χ2n) is 42.8. The van der Waals surface area contributed by atoms with Gasteiger partial charge >= 0.3 is 0 Å². The smallest absolute Gasteiger partial charge is 0.242 e. The van der Waals surface area contributed by atoms with E-state index in [2.05, 4.69) is 411 Å². The predicted octanol–water partition coefficient (Wildman–Crippen LogP) is 28.3. The van der Waals surface area contributed by atoms with Crippen LogP contribution in [-0.2, 0) is 26.2 Å². The van der Waals surface area contributed by atoms with Crippen LogP contribution < -0.4 is 48.7 Å². The van der Waals surface area contributed by atoms with Gasteiger partial charge in [0.2, 0.25) is 13.4 Å². The molecule has 5 heteroatoms. The van der Waals surface area contributed by atoms with Gasteiger partial charge in [0.05, 0.1) is 0 Å². The second kappa shape index (κ2) is 33.1. The van der Waals surface area contributed by atoms with Crippen molar-refractivity contribution >= 4 is 97.8 Å². The molecule has 1 aliphatic heterocycles. The van der Waals surface area contributed by atoms with E-state index in [9.17, 15) is 0 Å². The highest BCUT2D eigenvalue weighted by molar-refractivity contribution is 7.86. The monoisotopic (exact) mass is 1760 g/mol. The lowest BCUT2D eigenvalue weighted by Crippen LogP contribution is -2.56. The second-order valence-corrected chi connectivity index (χ2v) is 47.7. The number of aryl methyl sites for hydroxylation is 12. The molecule has 8 bridgehead atoms. The van der Waals surface area contributed by atoms with Crippen molar-refractivity contribution in [1.29, 1.82) is 0 Å². The highest BCUT2D eigenvalue weighted by atomic mass is 31.2. The molecule has 1 nitrogen and oxygen atoms in total. The van der Waals surface area contributed by atoms with Gasteiger partial charge in [0.1, 0.15) is 0 Å². The van der Waals surface area contributed by atoms with Crippen LogP contribution in [0.2, 0.25) is 0 Å². The summed E-state index contributed by atoms with van der Waals surface area (Å²) in [5, 5.41) is 10.3. The maximum absolute atomic E-state index is 15.3. The Balaban J connectivity index is 0.000000151. The first-order valence-corrected chi connectivity index (χ1v) is 52.4. The van der Waals surface area contributed by atoms with E-state index in [1.54, 1.807) is 11.1 Å². The molecule has 0 spiro atoms. The van der Waals surface area contributed by atoms with Gasteiger partial charge in [-0.05, 0) is 312 Å². The molecule has 4 atom stereocenters. The Morgan fingerprint density at radius 3 is 0.865 bits per heavy atom. The SMILES string of the molecule is Cc1cc(C)c(B(c2cccc(-c3cccc(-c4ccc(C56CC7CC(C5)CC(c5ccc(-p8c9ccccc9c9ccccc98)cc5)(C7)C6)cc4)c3)c2)c2c(C)cc(C)cc2C)c(C)c1.Cc1cc(C)c(B(c2cccc(-c3cccc(-c4ccc(C56CC7CC(C5)CC(c5ccc(P8(=O)c9ccccc9-c9ccccc98)cc5)(C7)C6)cc4)c3)c2)c2c(C)cc(C)cc2C)c(C)c1. The van der Waals surface area contributed by atoms with Gasteiger partial charge in [-0.25, -0.2) is 0 Å². The normalized spacial score (nSPS) is 21.4. The zero-order valence-corrected chi connectivity index (χ0v) is 81.4. The molecule has 9 aliphatic rings. The summed E-state index contributed by atoms with van der Waals surface area (Å²) in [5.41, 5.74) is 44.0. The molecule has 0 saturated heterocycles. The first kappa shape index (κ1) is 85.4. The third-order valence-electron chi connectivity index (χ3n) is 33.7. The van der Waals surface area contributed by atoms with Crippen LogP contribution in [0, 0.1) is 107 Å². The molecular formula is C128H120B2OP2. The molecule has 8 fully saturated rings. The summed E-state index contributed by atoms with van der Waals surface area (Å²) in [6.07, 6.45) is 15.8. The molecule has 0 radical (unpaired) electrons. The molecule has 16 aromatic carbocycles. The van der Waals surface area contributed by atoms with Crippen molar-refractivity contribution in [1.82, 2.24) is 0 Å². The van der Waals surface area contributed by atoms with Gasteiger partial charge in [-0.15, -0.1) is 0 Å². The number of hydrogen-bond donors (Lipinski definition) is 0. The Morgan fingerprint density at radius 1 is 0.263 bits per heavy atom. The molecule has 1 aromatic heterocycles. The highest BCUT2D eigenvalue weighted by Gasteiger charge is 2.60. The Hall–Kier alpha value is -11.8. The number of rotatable bonds is 16. The summed E-state index contributed by atoms with van der Waals surface area (Å²) in [7, 11) is -3.48. The van der Waals surface area contributed by atoms with E-state index >= 15 is 4.57 Å². The molecule has 4 unspecified atom stereocenters. The van der Waals surface area contributed by atoms with E-state index < -0.39 is 14.7 Å². The van der Waals surface area contributed by atoms with Gasteiger partial charge in [-0.2, -0.15) is 0 Å². The summed E-state index contributed by atoms with van der Waals surface area (Å²) in [4.78, 5) is 0. The summed E-state index contributed by atoms with van der Waals surface area (Å²) in [5.74, 6) is 3.12. The van der Waals surface area contributed by atoms with E-state index in [1.165, 1.54) is 259 Å². The van der Waals surface area contributed by atoms with Gasteiger partial charge in [0.15, 0.2) is 7.14 Å². The molecule has 17 aromatic rings. The summed E-state index contributed by atoms with van der Waals surface area (Å²) < 4.78 is 15.3. The van der Waals surface area contributed by atoms with Crippen LogP contribution in [0.3, 0.4) is 0 Å². The van der Waals surface area contributed by atoms with E-state index in [-0.39, 0.29) is 35.1 Å². The fraction of sp³-hybridized carbons (Fsp3) is 0.250. The fourth-order valence-corrected chi connectivity index (χ4v) is 35.2. The van der Waals surface area contributed by atoms with Gasteiger partial charge in [0, 0.05) is 26.1 Å². The topological polar surface area (TPSA) is 17.1 Å². The van der Waals surface area contributed by atoms with E-state index in [0.717, 1.165) is 50.7 Å². The first-order chi connectivity index (χ1) is 64.5. The standard InChI is InChI=1S/C64H60BOP.C64H60BP/c1-41-29-43(3)61(44(4)30-41)65(62-45(5)31-42(2)32-46(62)6)55-16-12-15-52(35-55)51-14-11-13-50(34-51)49-21-23-53(24-22-49)63-36-47-33-48(37-63)39-64(38-47,40-63)54-25-27-56(28-26-54)67(66)59-19-9-7-17-57(59)58-18-8-10-20-60(58)67;1-41-29-43(3)61(44(4)30-41)65(62-45(5)31-42(2)32-46(62)6)55-16-12-15-52(35-55)51-14-11-13-50(34-51)49-21-23-53(24-22-49)63-36-47-33-48(37-63)39-64(38-47,40-63)54-25-27-56(28-26-54)66-59-19-9-7-17-57(59)58-18-8-10-20-60(58)66/h7-32,34-35,47-48H,33,36-40H2,1-6H3;7-32,34-35,47-48H,33,36-40H2,1-6H3. The summed E-state index contributed by atoms with van der Waals surface area (Å²) in [6, 6.07) is 130. The summed E-state index contributed by atoms with van der Waals surface area (Å²) >= 11 is 0. The summed E-state index contributed by atoms with van der Waals surface area (Å²) in [6.45, 7) is 27.5. The number of hydrogen-bond acceptors (Lipinski definition) is 1. The molecular weight excluding hydrogens is 1640 g/mol. The predicted molar refractivity (Wildman–Crippen MR) is 573 cm³/mol. The maximum Gasteiger partial charge on any atom is 0.242 e. The lowest BCUT2D eigenvalue weighted by atomic mass is 9.34. The first-order valence-electron chi connectivity index (χ1n) is 49.4. The average Bonchev–Trinajstić information content (AvgIpc) is 1.39. The molecule has 8 saturated carbocycles. The van der Waals surface area contributed by atoms with Crippen molar-refractivity contribution in [2.24, 2.45) is 23.7 Å². The largest absolute Gasteiger partial charge is 0.309 e. The van der Waals surface area contributed by atoms with Crippen molar-refractivity contribution in [2.75, 3.05) is 0 Å². The lowest BCUT2D eigenvalue weighted by Gasteiger charge is -2.63. The molecule has 2 heterocycles. The Kier molecular flexibility index (Phi) is 21.2. The van der Waals surface area contributed by atoms with E-state index in [4.69, 9.17) is 0 Å². The van der Waals surface area contributed by atoms with Crippen LogP contribution >= 0.6 is 14.7 Å². The van der Waals surface area contributed by atoms with Crippen molar-refractivity contribution < 1.29 is 4.57 Å². The fourth-order valence-electron chi connectivity index (χ4n) is 29.6. The van der Waals surface area contributed by atoms with Crippen LogP contribution in [0.5, 0.6) is 0 Å². The molecule has 8 aliphatic carbocycles. The molecule has 133 heavy (non-hydrogen) atoms. The Bertz CT molecular complexity index is 7230. The van der Waals surface area contributed by atoms with Gasteiger partial charge < -0.3 is 4.57 Å². The quantitative estimate of drug-likeness (QED) is 0.0696. The minimum atomic E-state index is -2.95. The van der Waals surface area contributed by atoms with Gasteiger partial charge in [-0.3, -0.25) is 0 Å². The maximum atomic E-state index is 15.3. The van der Waals surface area contributed by atoms with Gasteiger partial charge in [0.25, 0.3) is 0 Å². The van der Waals surface area contributed by atoms with Crippen LogP contribution in [0.4, 0.5) is 0 Å². The van der Waals surface area contributed by atoms with Crippen LogP contribution in [0.15, 0.2) is 340 Å². The minimum Gasteiger partial charge on any atom is -0.309 e. The van der Waals surface area contributed by atoms with E-state index in [1.807, 2.05) is 12.1 Å². The minimum absolute atomic E-state index is 0.138. The Morgan fingerprint density at radius 2 is 0.534 bits per heavy atom. The Labute approximate surface area is 791 Å². The van der Waals surface area contributed by atoms with Crippen molar-refractivity contribution in [3.8, 4) is 60.9 Å². The number of fused-ring (bicyclic) bond motifs is 6.